The van der Waals surface area contributed by atoms with Crippen LogP contribution in [0.1, 0.15) is 5.56 Å². The number of phenolic OH excluding ortho intramolecular Hbond substituents is 1. The molecule has 0 amide bonds. The average Bonchev–Trinajstić information content (AvgIpc) is 2.56. The van der Waals surface area contributed by atoms with Gasteiger partial charge in [-0.2, -0.15) is 13.5 Å². The second kappa shape index (κ2) is 6.92. The van der Waals surface area contributed by atoms with Crippen LogP contribution in [0.2, 0.25) is 0 Å². The van der Waals surface area contributed by atoms with Crippen LogP contribution in [0.5, 0.6) is 5.75 Å². The van der Waals surface area contributed by atoms with E-state index in [0.717, 1.165) is 42.6 Å². The molecule has 0 aliphatic carbocycles. The minimum absolute atomic E-state index is 0.0871. The molecule has 0 aliphatic rings. The number of sulfonamides is 1. The van der Waals surface area contributed by atoms with E-state index < -0.39 is 25.6 Å². The average molecular weight is 366 g/mol. The Labute approximate surface area is 140 Å². The Kier molecular flexibility index (Phi) is 4.93. The van der Waals surface area contributed by atoms with Gasteiger partial charge in [-0.3, -0.25) is 20.2 Å². The van der Waals surface area contributed by atoms with Gasteiger partial charge in [0, 0.05) is 29.8 Å². The van der Waals surface area contributed by atoms with Crippen LogP contribution in [0.25, 0.3) is 0 Å². The summed E-state index contributed by atoms with van der Waals surface area (Å²) in [4.78, 5) is 21.3. The number of nitrogens with one attached hydrogen (secondary N) is 1. The van der Waals surface area contributed by atoms with Crippen LogP contribution >= 0.6 is 0 Å². The molecule has 12 heteroatoms. The van der Waals surface area contributed by atoms with Gasteiger partial charge in [0.2, 0.25) is 0 Å². The van der Waals surface area contributed by atoms with Gasteiger partial charge in [-0.05, 0) is 12.1 Å². The zero-order chi connectivity index (χ0) is 18.6. The fraction of sp³-hybridized carbons (Fsp3) is 0. The van der Waals surface area contributed by atoms with Gasteiger partial charge in [0.1, 0.15) is 5.75 Å². The number of non-ortho nitro benzene ring substituents is 2. The Morgan fingerprint density at radius 1 is 1.04 bits per heavy atom. The molecule has 2 rings (SSSR count). The Morgan fingerprint density at radius 2 is 1.68 bits per heavy atom. The molecular formula is C13H10N4O7S. The molecule has 0 radical (unpaired) electrons. The Balaban J connectivity index is 2.24. The van der Waals surface area contributed by atoms with E-state index in [0.29, 0.717) is 0 Å². The molecule has 2 aromatic carbocycles. The van der Waals surface area contributed by atoms with E-state index in [1.54, 1.807) is 4.83 Å². The summed E-state index contributed by atoms with van der Waals surface area (Å²) < 4.78 is 24.1. The first-order chi connectivity index (χ1) is 11.7. The molecule has 130 valence electrons. The number of aromatic hydroxyl groups is 1. The predicted molar refractivity (Wildman–Crippen MR) is 85.8 cm³/mol. The van der Waals surface area contributed by atoms with Crippen LogP contribution in [0.15, 0.2) is 52.5 Å². The van der Waals surface area contributed by atoms with E-state index in [-0.39, 0.29) is 21.9 Å². The van der Waals surface area contributed by atoms with Crippen molar-refractivity contribution in [3.8, 4) is 5.75 Å². The van der Waals surface area contributed by atoms with Gasteiger partial charge in [0.05, 0.1) is 21.0 Å². The van der Waals surface area contributed by atoms with Crippen molar-refractivity contribution in [2.75, 3.05) is 0 Å². The summed E-state index contributed by atoms with van der Waals surface area (Å²) in [5.41, 5.74) is -0.820. The van der Waals surface area contributed by atoms with Crippen molar-refractivity contribution in [2.24, 2.45) is 5.10 Å². The maximum atomic E-state index is 12.0. The van der Waals surface area contributed by atoms with Crippen LogP contribution < -0.4 is 4.83 Å². The fourth-order valence-electron chi connectivity index (χ4n) is 1.74. The molecule has 0 saturated heterocycles. The lowest BCUT2D eigenvalue weighted by Gasteiger charge is -2.03. The summed E-state index contributed by atoms with van der Waals surface area (Å²) in [5, 5.41) is 34.4. The fourth-order valence-corrected chi connectivity index (χ4v) is 2.57. The SMILES string of the molecule is O=[N+]([O-])c1cccc(S(=O)(=O)NN=Cc2cc([N+](=O)[O-])ccc2O)c1. The molecule has 0 saturated carbocycles. The minimum atomic E-state index is -4.19. The topological polar surface area (TPSA) is 165 Å². The smallest absolute Gasteiger partial charge is 0.276 e. The number of benzene rings is 2. The van der Waals surface area contributed by atoms with E-state index >= 15 is 0 Å². The first kappa shape index (κ1) is 17.8. The molecule has 0 bridgehead atoms. The predicted octanol–water partition coefficient (Wildman–Crippen LogP) is 1.52. The Hall–Kier alpha value is -3.54. The van der Waals surface area contributed by atoms with Gasteiger partial charge in [-0.25, -0.2) is 4.83 Å². The van der Waals surface area contributed by atoms with E-state index in [1.807, 2.05) is 0 Å². The monoisotopic (exact) mass is 366 g/mol. The Bertz CT molecular complexity index is 972. The zero-order valence-electron chi connectivity index (χ0n) is 12.3. The third-order valence-corrected chi connectivity index (χ3v) is 4.16. The van der Waals surface area contributed by atoms with Gasteiger partial charge < -0.3 is 5.11 Å². The minimum Gasteiger partial charge on any atom is -0.507 e. The lowest BCUT2D eigenvalue weighted by Crippen LogP contribution is -2.18. The summed E-state index contributed by atoms with van der Waals surface area (Å²) in [7, 11) is -4.19. The zero-order valence-corrected chi connectivity index (χ0v) is 13.1. The molecule has 0 unspecified atom stereocenters. The first-order valence-electron chi connectivity index (χ1n) is 6.47. The number of nitrogens with zero attached hydrogens (tertiary/aromatic N) is 3. The van der Waals surface area contributed by atoms with Gasteiger partial charge in [-0.1, -0.05) is 6.07 Å². The number of phenols is 1. The number of hydrogen-bond acceptors (Lipinski definition) is 8. The summed E-state index contributed by atoms with van der Waals surface area (Å²) in [6, 6.07) is 7.44. The lowest BCUT2D eigenvalue weighted by molar-refractivity contribution is -0.385. The second-order valence-corrected chi connectivity index (χ2v) is 6.27. The lowest BCUT2D eigenvalue weighted by atomic mass is 10.2. The molecule has 0 atom stereocenters. The normalized spacial score (nSPS) is 11.4. The molecule has 2 aromatic rings. The quantitative estimate of drug-likeness (QED) is 0.444. The van der Waals surface area contributed by atoms with Crippen LogP contribution in [-0.4, -0.2) is 29.6 Å². The highest BCUT2D eigenvalue weighted by atomic mass is 32.2. The second-order valence-electron chi connectivity index (χ2n) is 4.61. The van der Waals surface area contributed by atoms with E-state index in [2.05, 4.69) is 5.10 Å². The summed E-state index contributed by atoms with van der Waals surface area (Å²) in [6.45, 7) is 0. The number of rotatable bonds is 6. The maximum Gasteiger partial charge on any atom is 0.276 e. The highest BCUT2D eigenvalue weighted by Crippen LogP contribution is 2.21. The van der Waals surface area contributed by atoms with E-state index in [9.17, 15) is 33.8 Å². The molecular weight excluding hydrogens is 356 g/mol. The highest BCUT2D eigenvalue weighted by Gasteiger charge is 2.17. The van der Waals surface area contributed by atoms with Crippen molar-refractivity contribution < 1.29 is 23.4 Å². The molecule has 25 heavy (non-hydrogen) atoms. The first-order valence-corrected chi connectivity index (χ1v) is 7.96. The van der Waals surface area contributed by atoms with Gasteiger partial charge in [0.25, 0.3) is 21.4 Å². The third kappa shape index (κ3) is 4.26. The highest BCUT2D eigenvalue weighted by molar-refractivity contribution is 7.89. The summed E-state index contributed by atoms with van der Waals surface area (Å²) in [5.74, 6) is -0.344. The van der Waals surface area contributed by atoms with E-state index in [4.69, 9.17) is 0 Å². The largest absolute Gasteiger partial charge is 0.507 e. The van der Waals surface area contributed by atoms with Crippen molar-refractivity contribution >= 4 is 27.6 Å². The third-order valence-electron chi connectivity index (χ3n) is 2.94. The van der Waals surface area contributed by atoms with Crippen molar-refractivity contribution in [1.29, 1.82) is 0 Å². The molecule has 0 aliphatic heterocycles. The van der Waals surface area contributed by atoms with Crippen molar-refractivity contribution in [3.63, 3.8) is 0 Å². The maximum absolute atomic E-state index is 12.0. The van der Waals surface area contributed by atoms with Gasteiger partial charge in [-0.15, -0.1) is 0 Å². The van der Waals surface area contributed by atoms with Crippen LogP contribution in [-0.2, 0) is 10.0 Å². The van der Waals surface area contributed by atoms with Gasteiger partial charge in [0.15, 0.2) is 0 Å². The molecule has 0 fully saturated rings. The summed E-state index contributed by atoms with van der Waals surface area (Å²) in [6.07, 6.45) is 0.872. The molecule has 0 spiro atoms. The molecule has 11 nitrogen and oxygen atoms in total. The Morgan fingerprint density at radius 3 is 2.32 bits per heavy atom. The standard InChI is InChI=1S/C13H10N4O7S/c18-13-5-4-11(17(21)22)6-9(13)8-14-15-25(23,24)12-3-1-2-10(7-12)16(19)20/h1-8,15,18H. The number of nitro groups is 2. The number of hydrogen-bond donors (Lipinski definition) is 2. The van der Waals surface area contributed by atoms with Crippen molar-refractivity contribution in [3.05, 3.63) is 68.3 Å². The van der Waals surface area contributed by atoms with Crippen LogP contribution in [0, 0.1) is 20.2 Å². The van der Waals surface area contributed by atoms with Crippen LogP contribution in [0.4, 0.5) is 11.4 Å². The van der Waals surface area contributed by atoms with E-state index in [1.165, 1.54) is 6.07 Å². The molecule has 2 N–H and O–H groups in total. The van der Waals surface area contributed by atoms with Crippen molar-refractivity contribution in [2.45, 2.75) is 4.90 Å². The molecule has 0 aromatic heterocycles. The number of nitro benzene ring substituents is 2. The van der Waals surface area contributed by atoms with Gasteiger partial charge >= 0.3 is 0 Å². The summed E-state index contributed by atoms with van der Waals surface area (Å²) >= 11 is 0. The van der Waals surface area contributed by atoms with Crippen LogP contribution in [0.3, 0.4) is 0 Å². The molecule has 0 heterocycles. The van der Waals surface area contributed by atoms with Crippen molar-refractivity contribution in [1.82, 2.24) is 4.83 Å². The number of hydrazone groups is 1.